The summed E-state index contributed by atoms with van der Waals surface area (Å²) >= 11 is 0. The Bertz CT molecular complexity index is 540. The van der Waals surface area contributed by atoms with Crippen molar-refractivity contribution in [2.75, 3.05) is 25.1 Å². The second kappa shape index (κ2) is 5.83. The van der Waals surface area contributed by atoms with Crippen LogP contribution in [0.15, 0.2) is 18.2 Å². The number of anilines is 1. The standard InChI is InChI=1S/C11H17N3O3S/c1-8-3-4-9(10(12)7-8)11(15)14-5-6-18(16,17)13-2/h3-4,7,13H,5-6,12H2,1-2H3,(H,14,15). The number of aryl methyl sites for hydroxylation is 1. The molecule has 6 nitrogen and oxygen atoms in total. The summed E-state index contributed by atoms with van der Waals surface area (Å²) in [5, 5.41) is 2.51. The third-order valence-electron chi connectivity index (χ3n) is 2.42. The maximum absolute atomic E-state index is 11.7. The van der Waals surface area contributed by atoms with E-state index in [9.17, 15) is 13.2 Å². The number of carbonyl (C=O) groups excluding carboxylic acids is 1. The number of amides is 1. The third-order valence-corrected chi connectivity index (χ3v) is 3.78. The van der Waals surface area contributed by atoms with Crippen molar-refractivity contribution in [2.45, 2.75) is 6.92 Å². The molecular weight excluding hydrogens is 254 g/mol. The number of nitrogens with two attached hydrogens (primary N) is 1. The summed E-state index contributed by atoms with van der Waals surface area (Å²) in [6.07, 6.45) is 0. The van der Waals surface area contributed by atoms with Gasteiger partial charge in [0.1, 0.15) is 0 Å². The lowest BCUT2D eigenvalue weighted by atomic mass is 10.1. The average Bonchev–Trinajstić information content (AvgIpc) is 2.28. The number of rotatable bonds is 5. The zero-order valence-corrected chi connectivity index (χ0v) is 11.2. The molecule has 0 atom stereocenters. The Morgan fingerprint density at radius 1 is 1.39 bits per heavy atom. The molecule has 1 aromatic carbocycles. The van der Waals surface area contributed by atoms with Crippen molar-refractivity contribution < 1.29 is 13.2 Å². The summed E-state index contributed by atoms with van der Waals surface area (Å²) < 4.78 is 24.5. The Hall–Kier alpha value is -1.60. The van der Waals surface area contributed by atoms with E-state index in [-0.39, 0.29) is 18.2 Å². The highest BCUT2D eigenvalue weighted by molar-refractivity contribution is 7.89. The van der Waals surface area contributed by atoms with E-state index in [1.807, 2.05) is 6.92 Å². The molecule has 4 N–H and O–H groups in total. The maximum Gasteiger partial charge on any atom is 0.253 e. The second-order valence-corrected chi connectivity index (χ2v) is 5.92. The van der Waals surface area contributed by atoms with Crippen LogP contribution in [-0.4, -0.2) is 33.7 Å². The van der Waals surface area contributed by atoms with Gasteiger partial charge in [-0.2, -0.15) is 0 Å². The molecule has 0 fully saturated rings. The van der Waals surface area contributed by atoms with E-state index in [0.717, 1.165) is 5.56 Å². The number of sulfonamides is 1. The quantitative estimate of drug-likeness (QED) is 0.648. The minimum atomic E-state index is -3.31. The highest BCUT2D eigenvalue weighted by Gasteiger charge is 2.11. The van der Waals surface area contributed by atoms with Crippen LogP contribution in [0.3, 0.4) is 0 Å². The molecule has 0 saturated heterocycles. The highest BCUT2D eigenvalue weighted by Crippen LogP contribution is 2.13. The molecule has 0 radical (unpaired) electrons. The molecule has 0 aliphatic carbocycles. The molecule has 0 bridgehead atoms. The molecule has 7 heteroatoms. The first-order valence-electron chi connectivity index (χ1n) is 5.41. The van der Waals surface area contributed by atoms with E-state index in [1.165, 1.54) is 7.05 Å². The van der Waals surface area contributed by atoms with Gasteiger partial charge in [-0.3, -0.25) is 4.79 Å². The zero-order valence-electron chi connectivity index (χ0n) is 10.4. The maximum atomic E-state index is 11.7. The summed E-state index contributed by atoms with van der Waals surface area (Å²) in [5.41, 5.74) is 7.40. The van der Waals surface area contributed by atoms with E-state index in [2.05, 4.69) is 10.0 Å². The highest BCUT2D eigenvalue weighted by atomic mass is 32.2. The van der Waals surface area contributed by atoms with E-state index in [1.54, 1.807) is 18.2 Å². The van der Waals surface area contributed by atoms with Gasteiger partial charge in [-0.05, 0) is 31.7 Å². The van der Waals surface area contributed by atoms with Crippen LogP contribution in [0, 0.1) is 6.92 Å². The van der Waals surface area contributed by atoms with Crippen LogP contribution >= 0.6 is 0 Å². The lowest BCUT2D eigenvalue weighted by Crippen LogP contribution is -2.33. The van der Waals surface area contributed by atoms with Crippen LogP contribution in [0.5, 0.6) is 0 Å². The van der Waals surface area contributed by atoms with Gasteiger partial charge in [0.15, 0.2) is 0 Å². The van der Waals surface area contributed by atoms with E-state index in [0.29, 0.717) is 11.3 Å². The average molecular weight is 271 g/mol. The van der Waals surface area contributed by atoms with Gasteiger partial charge >= 0.3 is 0 Å². The summed E-state index contributed by atoms with van der Waals surface area (Å²) in [7, 11) is -1.98. The fourth-order valence-corrected chi connectivity index (χ4v) is 1.96. The minimum Gasteiger partial charge on any atom is -0.398 e. The first-order valence-corrected chi connectivity index (χ1v) is 7.06. The predicted molar refractivity (Wildman–Crippen MR) is 70.8 cm³/mol. The number of benzene rings is 1. The summed E-state index contributed by atoms with van der Waals surface area (Å²) in [6, 6.07) is 5.08. The van der Waals surface area contributed by atoms with Crippen molar-refractivity contribution in [2.24, 2.45) is 0 Å². The van der Waals surface area contributed by atoms with Crippen LogP contribution in [0.1, 0.15) is 15.9 Å². The number of nitrogen functional groups attached to an aromatic ring is 1. The Morgan fingerprint density at radius 2 is 2.06 bits per heavy atom. The molecule has 100 valence electrons. The van der Waals surface area contributed by atoms with Crippen molar-refractivity contribution in [3.8, 4) is 0 Å². The first-order chi connectivity index (χ1) is 8.35. The summed E-state index contributed by atoms with van der Waals surface area (Å²) in [6.45, 7) is 1.91. The van der Waals surface area contributed by atoms with E-state index in [4.69, 9.17) is 5.73 Å². The van der Waals surface area contributed by atoms with Gasteiger partial charge in [0.05, 0.1) is 11.3 Å². The smallest absolute Gasteiger partial charge is 0.253 e. The largest absolute Gasteiger partial charge is 0.398 e. The lowest BCUT2D eigenvalue weighted by molar-refractivity contribution is 0.0957. The summed E-state index contributed by atoms with van der Waals surface area (Å²) in [5.74, 6) is -0.542. The number of carbonyl (C=O) groups is 1. The number of nitrogens with one attached hydrogen (secondary N) is 2. The Morgan fingerprint density at radius 3 is 2.61 bits per heavy atom. The van der Waals surface area contributed by atoms with Crippen LogP contribution in [-0.2, 0) is 10.0 Å². The van der Waals surface area contributed by atoms with Gasteiger partial charge in [0.25, 0.3) is 5.91 Å². The van der Waals surface area contributed by atoms with Crippen LogP contribution in [0.2, 0.25) is 0 Å². The van der Waals surface area contributed by atoms with Gasteiger partial charge in [0.2, 0.25) is 10.0 Å². The van der Waals surface area contributed by atoms with E-state index < -0.39 is 10.0 Å². The van der Waals surface area contributed by atoms with Crippen molar-refractivity contribution in [3.05, 3.63) is 29.3 Å². The fourth-order valence-electron chi connectivity index (χ4n) is 1.39. The number of hydrogen-bond acceptors (Lipinski definition) is 4. The molecule has 0 unspecified atom stereocenters. The third kappa shape index (κ3) is 4.01. The van der Waals surface area contributed by atoms with Crippen molar-refractivity contribution in [1.29, 1.82) is 0 Å². The van der Waals surface area contributed by atoms with Gasteiger partial charge in [0, 0.05) is 12.2 Å². The monoisotopic (exact) mass is 271 g/mol. The lowest BCUT2D eigenvalue weighted by Gasteiger charge is -2.08. The predicted octanol–water partition coefficient (Wildman–Crippen LogP) is -0.144. The Labute approximate surface area is 107 Å². The molecule has 1 amide bonds. The van der Waals surface area contributed by atoms with Gasteiger partial charge in [-0.15, -0.1) is 0 Å². The summed E-state index contributed by atoms with van der Waals surface area (Å²) in [4.78, 5) is 11.7. The molecule has 18 heavy (non-hydrogen) atoms. The Balaban J connectivity index is 2.61. The normalized spacial score (nSPS) is 11.2. The van der Waals surface area contributed by atoms with Crippen LogP contribution in [0.4, 0.5) is 5.69 Å². The second-order valence-electron chi connectivity index (χ2n) is 3.87. The molecule has 0 saturated carbocycles. The molecule has 1 rings (SSSR count). The molecule has 1 aromatic rings. The molecular formula is C11H17N3O3S. The SMILES string of the molecule is CNS(=O)(=O)CCNC(=O)c1ccc(C)cc1N. The van der Waals surface area contributed by atoms with Crippen LogP contribution < -0.4 is 15.8 Å². The van der Waals surface area contributed by atoms with Crippen molar-refractivity contribution in [1.82, 2.24) is 10.0 Å². The molecule has 0 spiro atoms. The van der Waals surface area contributed by atoms with Gasteiger partial charge in [-0.25, -0.2) is 13.1 Å². The van der Waals surface area contributed by atoms with Crippen molar-refractivity contribution >= 4 is 21.6 Å². The topological polar surface area (TPSA) is 101 Å². The van der Waals surface area contributed by atoms with E-state index >= 15 is 0 Å². The zero-order chi connectivity index (χ0) is 13.8. The molecule has 0 aliphatic heterocycles. The molecule has 0 aliphatic rings. The van der Waals surface area contributed by atoms with Gasteiger partial charge in [-0.1, -0.05) is 6.07 Å². The first kappa shape index (κ1) is 14.5. The number of hydrogen-bond donors (Lipinski definition) is 3. The molecule has 0 aromatic heterocycles. The fraction of sp³-hybridized carbons (Fsp3) is 0.364. The minimum absolute atomic E-state index is 0.0370. The van der Waals surface area contributed by atoms with Crippen LogP contribution in [0.25, 0.3) is 0 Å². The Kier molecular flexibility index (Phi) is 4.69. The molecule has 0 heterocycles. The van der Waals surface area contributed by atoms with Crippen molar-refractivity contribution in [3.63, 3.8) is 0 Å². The van der Waals surface area contributed by atoms with Gasteiger partial charge < -0.3 is 11.1 Å².